The average Bonchev–Trinajstić information content (AvgIpc) is 2.99. The van der Waals surface area contributed by atoms with E-state index >= 15 is 0 Å². The molecule has 0 aliphatic heterocycles. The van der Waals surface area contributed by atoms with Crippen molar-refractivity contribution in [2.45, 2.75) is 13.5 Å². The van der Waals surface area contributed by atoms with Crippen LogP contribution in [-0.2, 0) is 6.54 Å². The first-order valence-electron chi connectivity index (χ1n) is 7.58. The summed E-state index contributed by atoms with van der Waals surface area (Å²) in [5, 5.41) is 13.8. The molecule has 3 rings (SSSR count). The molecule has 2 heterocycles. The molecule has 1 aromatic carbocycles. The van der Waals surface area contributed by atoms with Gasteiger partial charge in [0.25, 0.3) is 5.56 Å². The van der Waals surface area contributed by atoms with Gasteiger partial charge < -0.3 is 10.1 Å². The Morgan fingerprint density at radius 1 is 1.30 bits per heavy atom. The van der Waals surface area contributed by atoms with Crippen molar-refractivity contribution < 1.29 is 5.11 Å². The molecule has 2 N–H and O–H groups in total. The predicted molar refractivity (Wildman–Crippen MR) is 87.5 cm³/mol. The summed E-state index contributed by atoms with van der Waals surface area (Å²) < 4.78 is 1.66. The largest absolute Gasteiger partial charge is 0.395 e. The first kappa shape index (κ1) is 15.4. The third-order valence-corrected chi connectivity index (χ3v) is 3.72. The summed E-state index contributed by atoms with van der Waals surface area (Å²) in [6.07, 6.45) is 1.53. The SMILES string of the molecule is CCN(CCO)Cc1nc2c(cnn2-c2ccccc2)c(=O)[nH]1. The molecule has 0 aliphatic rings. The Morgan fingerprint density at radius 3 is 2.78 bits per heavy atom. The minimum Gasteiger partial charge on any atom is -0.395 e. The third kappa shape index (κ3) is 3.15. The normalized spacial score (nSPS) is 11.4. The van der Waals surface area contributed by atoms with Crippen LogP contribution in [-0.4, -0.2) is 49.5 Å². The predicted octanol–water partition coefficient (Wildman–Crippen LogP) is 0.923. The summed E-state index contributed by atoms with van der Waals surface area (Å²) in [7, 11) is 0. The number of aliphatic hydroxyl groups is 1. The van der Waals surface area contributed by atoms with Crippen LogP contribution >= 0.6 is 0 Å². The summed E-state index contributed by atoms with van der Waals surface area (Å²) in [5.41, 5.74) is 1.19. The van der Waals surface area contributed by atoms with E-state index in [9.17, 15) is 4.79 Å². The fourth-order valence-electron chi connectivity index (χ4n) is 2.50. The van der Waals surface area contributed by atoms with E-state index in [0.717, 1.165) is 12.2 Å². The van der Waals surface area contributed by atoms with Gasteiger partial charge in [-0.25, -0.2) is 9.67 Å². The lowest BCUT2D eigenvalue weighted by molar-refractivity contribution is 0.194. The van der Waals surface area contributed by atoms with Gasteiger partial charge in [-0.3, -0.25) is 9.69 Å². The highest BCUT2D eigenvalue weighted by molar-refractivity contribution is 5.75. The van der Waals surface area contributed by atoms with E-state index in [1.165, 1.54) is 6.20 Å². The summed E-state index contributed by atoms with van der Waals surface area (Å²) in [6, 6.07) is 9.58. The minimum absolute atomic E-state index is 0.0717. The lowest BCUT2D eigenvalue weighted by Gasteiger charge is -2.18. The summed E-state index contributed by atoms with van der Waals surface area (Å²) >= 11 is 0. The Kier molecular flexibility index (Phi) is 4.50. The number of aromatic nitrogens is 4. The van der Waals surface area contributed by atoms with E-state index in [1.54, 1.807) is 4.68 Å². The van der Waals surface area contributed by atoms with Crippen LogP contribution in [0.2, 0.25) is 0 Å². The summed E-state index contributed by atoms with van der Waals surface area (Å²) in [5.74, 6) is 0.565. The minimum atomic E-state index is -0.202. The monoisotopic (exact) mass is 313 g/mol. The van der Waals surface area contributed by atoms with Crippen LogP contribution in [0, 0.1) is 0 Å². The summed E-state index contributed by atoms with van der Waals surface area (Å²) in [6.45, 7) is 3.85. The molecule has 0 amide bonds. The molecule has 0 saturated carbocycles. The molecule has 0 bridgehead atoms. The Labute approximate surface area is 133 Å². The number of H-pyrrole nitrogens is 1. The van der Waals surface area contributed by atoms with E-state index in [4.69, 9.17) is 5.11 Å². The summed E-state index contributed by atoms with van der Waals surface area (Å²) in [4.78, 5) is 21.6. The number of aromatic amines is 1. The number of fused-ring (bicyclic) bond motifs is 1. The Balaban J connectivity index is 2.04. The van der Waals surface area contributed by atoms with Crippen LogP contribution in [0.15, 0.2) is 41.3 Å². The maximum absolute atomic E-state index is 12.3. The molecule has 0 unspecified atom stereocenters. The zero-order valence-electron chi connectivity index (χ0n) is 12.9. The fraction of sp³-hybridized carbons (Fsp3) is 0.312. The zero-order chi connectivity index (χ0) is 16.2. The van der Waals surface area contributed by atoms with Gasteiger partial charge in [-0.2, -0.15) is 5.10 Å². The Morgan fingerprint density at radius 2 is 2.09 bits per heavy atom. The molecule has 0 atom stereocenters. The quantitative estimate of drug-likeness (QED) is 0.707. The van der Waals surface area contributed by atoms with Crippen molar-refractivity contribution in [3.63, 3.8) is 0 Å². The van der Waals surface area contributed by atoms with Crippen molar-refractivity contribution in [2.75, 3.05) is 19.7 Å². The smallest absolute Gasteiger partial charge is 0.262 e. The highest BCUT2D eigenvalue weighted by Crippen LogP contribution is 2.13. The lowest BCUT2D eigenvalue weighted by atomic mass is 10.3. The van der Waals surface area contributed by atoms with Gasteiger partial charge in [0.1, 0.15) is 11.2 Å². The molecule has 3 aromatic rings. The van der Waals surface area contributed by atoms with E-state index in [1.807, 2.05) is 42.2 Å². The third-order valence-electron chi connectivity index (χ3n) is 3.72. The molecule has 23 heavy (non-hydrogen) atoms. The second kappa shape index (κ2) is 6.72. The number of benzene rings is 1. The molecule has 2 aromatic heterocycles. The van der Waals surface area contributed by atoms with Gasteiger partial charge in [-0.05, 0) is 18.7 Å². The molecule has 7 heteroatoms. The van der Waals surface area contributed by atoms with Gasteiger partial charge in [0.15, 0.2) is 5.65 Å². The molecule has 0 radical (unpaired) electrons. The maximum Gasteiger partial charge on any atom is 0.262 e. The van der Waals surface area contributed by atoms with E-state index in [0.29, 0.717) is 29.9 Å². The van der Waals surface area contributed by atoms with Crippen LogP contribution in [0.1, 0.15) is 12.7 Å². The highest BCUT2D eigenvalue weighted by atomic mass is 16.3. The van der Waals surface area contributed by atoms with Crippen molar-refractivity contribution in [1.29, 1.82) is 0 Å². The number of likely N-dealkylation sites (N-methyl/N-ethyl adjacent to an activating group) is 1. The molecular weight excluding hydrogens is 294 g/mol. The van der Waals surface area contributed by atoms with Gasteiger partial charge in [0.05, 0.1) is 25.0 Å². The van der Waals surface area contributed by atoms with Crippen LogP contribution in [0.3, 0.4) is 0 Å². The van der Waals surface area contributed by atoms with Crippen molar-refractivity contribution in [2.24, 2.45) is 0 Å². The topological polar surface area (TPSA) is 87.0 Å². The van der Waals surface area contributed by atoms with Gasteiger partial charge in [0, 0.05) is 6.54 Å². The van der Waals surface area contributed by atoms with Gasteiger partial charge >= 0.3 is 0 Å². The Hall–Kier alpha value is -2.51. The molecular formula is C16H19N5O2. The first-order chi connectivity index (χ1) is 11.2. The number of para-hydroxylation sites is 1. The van der Waals surface area contributed by atoms with E-state index in [2.05, 4.69) is 15.1 Å². The van der Waals surface area contributed by atoms with E-state index < -0.39 is 0 Å². The maximum atomic E-state index is 12.3. The second-order valence-electron chi connectivity index (χ2n) is 5.23. The van der Waals surface area contributed by atoms with Gasteiger partial charge in [0.2, 0.25) is 0 Å². The standard InChI is InChI=1S/C16H19N5O2/c1-2-20(8-9-22)11-14-18-15-13(16(23)19-14)10-17-21(15)12-6-4-3-5-7-12/h3-7,10,22H,2,8-9,11H2,1H3,(H,18,19,23). The van der Waals surface area contributed by atoms with Crippen molar-refractivity contribution >= 4 is 11.0 Å². The van der Waals surface area contributed by atoms with Crippen molar-refractivity contribution in [1.82, 2.24) is 24.6 Å². The second-order valence-corrected chi connectivity index (χ2v) is 5.23. The Bertz CT molecular complexity index is 841. The van der Waals surface area contributed by atoms with Crippen molar-refractivity contribution in [3.8, 4) is 5.69 Å². The van der Waals surface area contributed by atoms with Crippen LogP contribution < -0.4 is 5.56 Å². The fourth-order valence-corrected chi connectivity index (χ4v) is 2.50. The molecule has 7 nitrogen and oxygen atoms in total. The zero-order valence-corrected chi connectivity index (χ0v) is 12.9. The first-order valence-corrected chi connectivity index (χ1v) is 7.58. The number of hydrogen-bond donors (Lipinski definition) is 2. The molecule has 0 fully saturated rings. The van der Waals surface area contributed by atoms with Crippen LogP contribution in [0.25, 0.3) is 16.7 Å². The molecule has 0 spiro atoms. The number of rotatable bonds is 6. The molecule has 0 aliphatic carbocycles. The number of nitrogens with zero attached hydrogens (tertiary/aromatic N) is 4. The van der Waals surface area contributed by atoms with Crippen LogP contribution in [0.5, 0.6) is 0 Å². The van der Waals surface area contributed by atoms with E-state index in [-0.39, 0.29) is 12.2 Å². The van der Waals surface area contributed by atoms with Crippen molar-refractivity contribution in [3.05, 3.63) is 52.7 Å². The highest BCUT2D eigenvalue weighted by Gasteiger charge is 2.13. The molecule has 120 valence electrons. The number of aliphatic hydroxyl groups excluding tert-OH is 1. The number of nitrogens with one attached hydrogen (secondary N) is 1. The van der Waals surface area contributed by atoms with Gasteiger partial charge in [-0.1, -0.05) is 25.1 Å². The average molecular weight is 313 g/mol. The lowest BCUT2D eigenvalue weighted by Crippen LogP contribution is -2.28. The van der Waals surface area contributed by atoms with Crippen LogP contribution in [0.4, 0.5) is 0 Å². The number of hydrogen-bond acceptors (Lipinski definition) is 5. The molecule has 0 saturated heterocycles. The van der Waals surface area contributed by atoms with Gasteiger partial charge in [-0.15, -0.1) is 0 Å².